The summed E-state index contributed by atoms with van der Waals surface area (Å²) in [6.45, 7) is 3.50. The first-order valence-corrected chi connectivity index (χ1v) is 5.75. The molecule has 0 fully saturated rings. The zero-order valence-electron chi connectivity index (χ0n) is 10.4. The maximum absolute atomic E-state index is 13.1. The van der Waals surface area contributed by atoms with Gasteiger partial charge in [-0.3, -0.25) is 4.79 Å². The lowest BCUT2D eigenvalue weighted by Crippen LogP contribution is -2.40. The number of aliphatic carboxylic acids is 1. The lowest BCUT2D eigenvalue weighted by atomic mass is 10.1. The van der Waals surface area contributed by atoms with Crippen LogP contribution >= 0.6 is 0 Å². The van der Waals surface area contributed by atoms with E-state index in [0.29, 0.717) is 18.4 Å². The van der Waals surface area contributed by atoms with Crippen LogP contribution in [0, 0.1) is 12.7 Å². The minimum Gasteiger partial charge on any atom is -0.480 e. The summed E-state index contributed by atoms with van der Waals surface area (Å²) in [4.78, 5) is 22.7. The Hall–Kier alpha value is -1.91. The van der Waals surface area contributed by atoms with E-state index >= 15 is 0 Å². The maximum Gasteiger partial charge on any atom is 0.326 e. The van der Waals surface area contributed by atoms with Gasteiger partial charge in [-0.2, -0.15) is 0 Å². The van der Waals surface area contributed by atoms with Gasteiger partial charge in [0, 0.05) is 5.56 Å². The second-order valence-electron chi connectivity index (χ2n) is 4.17. The van der Waals surface area contributed by atoms with Crippen LogP contribution in [-0.4, -0.2) is 23.0 Å². The fourth-order valence-corrected chi connectivity index (χ4v) is 1.66. The highest BCUT2D eigenvalue weighted by Crippen LogP contribution is 2.09. The molecule has 0 saturated carbocycles. The number of benzene rings is 1. The molecule has 2 N–H and O–H groups in total. The van der Waals surface area contributed by atoms with Gasteiger partial charge in [0.2, 0.25) is 0 Å². The van der Waals surface area contributed by atoms with Crippen LogP contribution in [0.4, 0.5) is 4.39 Å². The van der Waals surface area contributed by atoms with Crippen molar-refractivity contribution in [3.8, 4) is 0 Å². The molecule has 0 radical (unpaired) electrons. The summed E-state index contributed by atoms with van der Waals surface area (Å²) < 4.78 is 13.1. The van der Waals surface area contributed by atoms with E-state index in [0.717, 1.165) is 6.07 Å². The molecule has 0 heterocycles. The quantitative estimate of drug-likeness (QED) is 0.844. The minimum atomic E-state index is -1.08. The number of hydrogen-bond donors (Lipinski definition) is 2. The summed E-state index contributed by atoms with van der Waals surface area (Å²) in [6.07, 6.45) is 0.981. The van der Waals surface area contributed by atoms with Crippen molar-refractivity contribution in [2.75, 3.05) is 0 Å². The first-order valence-electron chi connectivity index (χ1n) is 5.75. The van der Waals surface area contributed by atoms with Crippen LogP contribution in [0.3, 0.4) is 0 Å². The zero-order valence-corrected chi connectivity index (χ0v) is 10.4. The highest BCUT2D eigenvalue weighted by Gasteiger charge is 2.19. The second-order valence-corrected chi connectivity index (χ2v) is 4.17. The number of carbonyl (C=O) groups excluding carboxylic acids is 1. The van der Waals surface area contributed by atoms with Crippen LogP contribution in [0.2, 0.25) is 0 Å². The van der Waals surface area contributed by atoms with Gasteiger partial charge in [-0.1, -0.05) is 13.3 Å². The smallest absolute Gasteiger partial charge is 0.326 e. The third-order valence-corrected chi connectivity index (χ3v) is 2.49. The number of halogens is 1. The molecule has 0 aliphatic heterocycles. The van der Waals surface area contributed by atoms with Gasteiger partial charge in [0.15, 0.2) is 0 Å². The first-order chi connectivity index (χ1) is 8.43. The molecule has 4 nitrogen and oxygen atoms in total. The van der Waals surface area contributed by atoms with Crippen LogP contribution in [0.5, 0.6) is 0 Å². The minimum absolute atomic E-state index is 0.134. The summed E-state index contributed by atoms with van der Waals surface area (Å²) in [5.41, 5.74) is 0.748. The maximum atomic E-state index is 13.1. The van der Waals surface area contributed by atoms with Gasteiger partial charge in [0.05, 0.1) is 0 Å². The SMILES string of the molecule is CCC[C@H](NC(=O)c1cc(C)cc(F)c1)C(=O)O. The number of amides is 1. The summed E-state index contributed by atoms with van der Waals surface area (Å²) in [5, 5.41) is 11.3. The third-order valence-electron chi connectivity index (χ3n) is 2.49. The molecule has 0 spiro atoms. The normalized spacial score (nSPS) is 11.9. The molecule has 0 aromatic heterocycles. The van der Waals surface area contributed by atoms with Gasteiger partial charge in [-0.15, -0.1) is 0 Å². The summed E-state index contributed by atoms with van der Waals surface area (Å²) in [5.74, 6) is -2.17. The summed E-state index contributed by atoms with van der Waals surface area (Å²) in [7, 11) is 0. The van der Waals surface area contributed by atoms with E-state index in [4.69, 9.17) is 5.11 Å². The van der Waals surface area contributed by atoms with Crippen LogP contribution in [-0.2, 0) is 4.79 Å². The molecule has 1 amide bonds. The largest absolute Gasteiger partial charge is 0.480 e. The molecular weight excluding hydrogens is 237 g/mol. The lowest BCUT2D eigenvalue weighted by molar-refractivity contribution is -0.139. The van der Waals surface area contributed by atoms with Crippen molar-refractivity contribution in [2.24, 2.45) is 0 Å². The van der Waals surface area contributed by atoms with Crippen molar-refractivity contribution in [2.45, 2.75) is 32.7 Å². The first kappa shape index (κ1) is 14.2. The van der Waals surface area contributed by atoms with E-state index < -0.39 is 23.7 Å². The van der Waals surface area contributed by atoms with E-state index in [2.05, 4.69) is 5.32 Å². The molecule has 0 saturated heterocycles. The molecule has 0 bridgehead atoms. The molecule has 1 aromatic carbocycles. The summed E-state index contributed by atoms with van der Waals surface area (Å²) >= 11 is 0. The van der Waals surface area contributed by atoms with Crippen molar-refractivity contribution in [3.05, 3.63) is 35.1 Å². The molecular formula is C13H16FNO3. The predicted octanol–water partition coefficient (Wildman–Crippen LogP) is 2.12. The van der Waals surface area contributed by atoms with Crippen LogP contribution in [0.15, 0.2) is 18.2 Å². The second kappa shape index (κ2) is 6.14. The Labute approximate surface area is 105 Å². The number of nitrogens with one attached hydrogen (secondary N) is 1. The van der Waals surface area contributed by atoms with Gasteiger partial charge in [0.25, 0.3) is 5.91 Å². The molecule has 0 aliphatic rings. The Bertz CT molecular complexity index is 439. The third kappa shape index (κ3) is 3.84. The highest BCUT2D eigenvalue weighted by atomic mass is 19.1. The van der Waals surface area contributed by atoms with Gasteiger partial charge in [-0.05, 0) is 37.1 Å². The molecule has 1 atom stereocenters. The van der Waals surface area contributed by atoms with Crippen molar-refractivity contribution in [1.82, 2.24) is 5.32 Å². The molecule has 98 valence electrons. The van der Waals surface area contributed by atoms with E-state index in [1.54, 1.807) is 6.92 Å². The number of carboxylic acids is 1. The van der Waals surface area contributed by atoms with Gasteiger partial charge in [-0.25, -0.2) is 9.18 Å². The number of rotatable bonds is 5. The Morgan fingerprint density at radius 2 is 2.06 bits per heavy atom. The number of aryl methyl sites for hydroxylation is 1. The van der Waals surface area contributed by atoms with Crippen molar-refractivity contribution < 1.29 is 19.1 Å². The molecule has 18 heavy (non-hydrogen) atoms. The van der Waals surface area contributed by atoms with Crippen LogP contribution in [0.1, 0.15) is 35.7 Å². The van der Waals surface area contributed by atoms with Crippen molar-refractivity contribution in [3.63, 3.8) is 0 Å². The van der Waals surface area contributed by atoms with Crippen LogP contribution in [0.25, 0.3) is 0 Å². The van der Waals surface area contributed by atoms with Crippen molar-refractivity contribution >= 4 is 11.9 Å². The molecule has 1 aromatic rings. The molecule has 0 unspecified atom stereocenters. The number of carbonyl (C=O) groups is 2. The van der Waals surface area contributed by atoms with Gasteiger partial charge in [0.1, 0.15) is 11.9 Å². The molecule has 5 heteroatoms. The highest BCUT2D eigenvalue weighted by molar-refractivity contribution is 5.96. The topological polar surface area (TPSA) is 66.4 Å². The Balaban J connectivity index is 2.83. The zero-order chi connectivity index (χ0) is 13.7. The standard InChI is InChI=1S/C13H16FNO3/c1-3-4-11(13(17)18)15-12(16)9-5-8(2)6-10(14)7-9/h5-7,11H,3-4H2,1-2H3,(H,15,16)(H,17,18)/t11-/m0/s1. The van der Waals surface area contributed by atoms with Crippen molar-refractivity contribution in [1.29, 1.82) is 0 Å². The van der Waals surface area contributed by atoms with E-state index in [1.807, 2.05) is 6.92 Å². The molecule has 0 aliphatic carbocycles. The predicted molar refractivity (Wildman–Crippen MR) is 64.9 cm³/mol. The van der Waals surface area contributed by atoms with E-state index in [1.165, 1.54) is 12.1 Å². The Morgan fingerprint density at radius 1 is 1.39 bits per heavy atom. The lowest BCUT2D eigenvalue weighted by Gasteiger charge is -2.13. The average molecular weight is 253 g/mol. The Kier molecular flexibility index (Phi) is 4.83. The fourth-order valence-electron chi connectivity index (χ4n) is 1.66. The number of hydrogen-bond acceptors (Lipinski definition) is 2. The Morgan fingerprint density at radius 3 is 2.56 bits per heavy atom. The summed E-state index contributed by atoms with van der Waals surface area (Å²) in [6, 6.07) is 2.97. The fraction of sp³-hybridized carbons (Fsp3) is 0.385. The van der Waals surface area contributed by atoms with Crippen LogP contribution < -0.4 is 5.32 Å². The average Bonchev–Trinajstić information content (AvgIpc) is 2.26. The van der Waals surface area contributed by atoms with Gasteiger partial charge < -0.3 is 10.4 Å². The number of carboxylic acid groups (broad SMARTS) is 1. The molecule has 1 rings (SSSR count). The monoisotopic (exact) mass is 253 g/mol. The van der Waals surface area contributed by atoms with Gasteiger partial charge >= 0.3 is 5.97 Å². The van der Waals surface area contributed by atoms with E-state index in [-0.39, 0.29) is 5.56 Å². The van der Waals surface area contributed by atoms with E-state index in [9.17, 15) is 14.0 Å².